The predicted molar refractivity (Wildman–Crippen MR) is 87.2 cm³/mol. The summed E-state index contributed by atoms with van der Waals surface area (Å²) in [5.74, 6) is 1.56. The average molecular weight is 291 g/mol. The third-order valence-corrected chi connectivity index (χ3v) is 4.04. The lowest BCUT2D eigenvalue weighted by Gasteiger charge is -2.35. The molecule has 0 N–H and O–H groups in total. The first kappa shape index (κ1) is 16.3. The van der Waals surface area contributed by atoms with Crippen LogP contribution in [0.5, 0.6) is 5.75 Å². The van der Waals surface area contributed by atoms with E-state index in [0.29, 0.717) is 18.1 Å². The molecule has 1 aliphatic rings. The van der Waals surface area contributed by atoms with E-state index in [9.17, 15) is 0 Å². The molecule has 1 heterocycles. The van der Waals surface area contributed by atoms with E-state index in [0.717, 1.165) is 32.0 Å². The van der Waals surface area contributed by atoms with E-state index in [2.05, 4.69) is 57.7 Å². The van der Waals surface area contributed by atoms with Crippen molar-refractivity contribution in [1.82, 2.24) is 4.90 Å². The summed E-state index contributed by atoms with van der Waals surface area (Å²) in [6.45, 7) is 14.5. The van der Waals surface area contributed by atoms with Crippen LogP contribution in [0.1, 0.15) is 44.7 Å². The van der Waals surface area contributed by atoms with Crippen molar-refractivity contribution < 1.29 is 9.47 Å². The third-order valence-electron chi connectivity index (χ3n) is 4.04. The van der Waals surface area contributed by atoms with Crippen LogP contribution >= 0.6 is 0 Å². The molecule has 0 unspecified atom stereocenters. The molecular weight excluding hydrogens is 262 g/mol. The first-order chi connectivity index (χ1) is 9.95. The zero-order chi connectivity index (χ0) is 15.4. The van der Waals surface area contributed by atoms with Crippen LogP contribution in [0.4, 0.5) is 0 Å². The summed E-state index contributed by atoms with van der Waals surface area (Å²) in [4.78, 5) is 2.43. The van der Waals surface area contributed by atoms with Crippen molar-refractivity contribution >= 4 is 0 Å². The Bertz CT molecular complexity index is 449. The van der Waals surface area contributed by atoms with Crippen molar-refractivity contribution in [2.75, 3.05) is 26.2 Å². The van der Waals surface area contributed by atoms with Crippen LogP contribution in [0, 0.1) is 6.92 Å². The van der Waals surface area contributed by atoms with Crippen molar-refractivity contribution in [3.63, 3.8) is 0 Å². The summed E-state index contributed by atoms with van der Waals surface area (Å²) in [5.41, 5.74) is 2.55. The van der Waals surface area contributed by atoms with Gasteiger partial charge in [0.25, 0.3) is 0 Å². The number of aryl methyl sites for hydroxylation is 1. The van der Waals surface area contributed by atoms with E-state index >= 15 is 0 Å². The molecule has 0 spiro atoms. The van der Waals surface area contributed by atoms with E-state index in [4.69, 9.17) is 9.47 Å². The molecule has 0 amide bonds. The molecule has 1 saturated heterocycles. The molecular formula is C18H29NO2. The number of hydrogen-bond donors (Lipinski definition) is 0. The van der Waals surface area contributed by atoms with E-state index in [1.54, 1.807) is 0 Å². The zero-order valence-corrected chi connectivity index (χ0v) is 14.1. The lowest BCUT2D eigenvalue weighted by atomic mass is 10.0. The van der Waals surface area contributed by atoms with Crippen LogP contribution in [0.25, 0.3) is 0 Å². The van der Waals surface area contributed by atoms with Crippen LogP contribution in [-0.2, 0) is 4.74 Å². The summed E-state index contributed by atoms with van der Waals surface area (Å²) in [6, 6.07) is 6.53. The Morgan fingerprint density at radius 2 is 1.90 bits per heavy atom. The van der Waals surface area contributed by atoms with Crippen LogP contribution < -0.4 is 4.74 Å². The number of nitrogens with zero attached hydrogens (tertiary/aromatic N) is 1. The zero-order valence-electron chi connectivity index (χ0n) is 14.1. The molecule has 1 fully saturated rings. The Labute approximate surface area is 129 Å². The maximum Gasteiger partial charge on any atom is 0.122 e. The summed E-state index contributed by atoms with van der Waals surface area (Å²) in [7, 11) is 0. The normalized spacial score (nSPS) is 23.5. The van der Waals surface area contributed by atoms with Gasteiger partial charge in [-0.15, -0.1) is 0 Å². The van der Waals surface area contributed by atoms with Gasteiger partial charge in [-0.25, -0.2) is 0 Å². The average Bonchev–Trinajstić information content (AvgIpc) is 2.39. The second-order valence-electron chi connectivity index (χ2n) is 6.54. The fourth-order valence-electron chi connectivity index (χ4n) is 2.88. The third kappa shape index (κ3) is 4.72. The highest BCUT2D eigenvalue weighted by molar-refractivity contribution is 5.37. The van der Waals surface area contributed by atoms with Crippen molar-refractivity contribution in [1.29, 1.82) is 0 Å². The molecule has 21 heavy (non-hydrogen) atoms. The quantitative estimate of drug-likeness (QED) is 0.827. The standard InChI is InChI=1S/C18H29NO2/c1-13(2)17-7-6-14(3)18(10-17)20-9-8-19-11-15(4)21-16(5)12-19/h6-7,10,13,15-16H,8-9,11-12H2,1-5H3/t15-,16-/m0/s1. The maximum atomic E-state index is 6.02. The molecule has 2 rings (SSSR count). The highest BCUT2D eigenvalue weighted by Crippen LogP contribution is 2.24. The van der Waals surface area contributed by atoms with Gasteiger partial charge in [-0.05, 0) is 43.9 Å². The van der Waals surface area contributed by atoms with Crippen molar-refractivity contribution in [2.24, 2.45) is 0 Å². The molecule has 1 aliphatic heterocycles. The molecule has 118 valence electrons. The minimum absolute atomic E-state index is 0.319. The molecule has 3 nitrogen and oxygen atoms in total. The second-order valence-corrected chi connectivity index (χ2v) is 6.54. The van der Waals surface area contributed by atoms with Gasteiger partial charge in [0.05, 0.1) is 12.2 Å². The van der Waals surface area contributed by atoms with E-state index in [1.807, 2.05) is 0 Å². The highest BCUT2D eigenvalue weighted by atomic mass is 16.5. The van der Waals surface area contributed by atoms with Crippen molar-refractivity contribution in [3.8, 4) is 5.75 Å². The molecule has 1 aromatic rings. The van der Waals surface area contributed by atoms with Gasteiger partial charge in [-0.1, -0.05) is 26.0 Å². The summed E-state index contributed by atoms with van der Waals surface area (Å²) in [6.07, 6.45) is 0.638. The smallest absolute Gasteiger partial charge is 0.122 e. The molecule has 2 atom stereocenters. The van der Waals surface area contributed by atoms with Gasteiger partial charge in [0.2, 0.25) is 0 Å². The SMILES string of the molecule is Cc1ccc(C(C)C)cc1OCCN1C[C@H](C)O[C@@H](C)C1. The summed E-state index contributed by atoms with van der Waals surface area (Å²) < 4.78 is 11.8. The fraction of sp³-hybridized carbons (Fsp3) is 0.667. The van der Waals surface area contributed by atoms with Gasteiger partial charge >= 0.3 is 0 Å². The number of ether oxygens (including phenoxy) is 2. The van der Waals surface area contributed by atoms with Gasteiger partial charge in [0.15, 0.2) is 0 Å². The lowest BCUT2D eigenvalue weighted by molar-refractivity contribution is -0.0699. The molecule has 0 aliphatic carbocycles. The van der Waals surface area contributed by atoms with Crippen molar-refractivity contribution in [3.05, 3.63) is 29.3 Å². The predicted octanol–water partition coefficient (Wildman–Crippen LogP) is 3.61. The number of benzene rings is 1. The Morgan fingerprint density at radius 1 is 1.24 bits per heavy atom. The number of hydrogen-bond acceptors (Lipinski definition) is 3. The molecule has 0 saturated carbocycles. The Morgan fingerprint density at radius 3 is 2.52 bits per heavy atom. The molecule has 0 radical (unpaired) electrons. The lowest BCUT2D eigenvalue weighted by Crippen LogP contribution is -2.46. The maximum absolute atomic E-state index is 6.02. The van der Waals surface area contributed by atoms with Gasteiger partial charge in [-0.2, -0.15) is 0 Å². The van der Waals surface area contributed by atoms with Gasteiger partial charge in [0.1, 0.15) is 12.4 Å². The molecule has 1 aromatic carbocycles. The molecule has 0 aromatic heterocycles. The topological polar surface area (TPSA) is 21.7 Å². The van der Waals surface area contributed by atoms with E-state index in [-0.39, 0.29) is 0 Å². The second kappa shape index (κ2) is 7.28. The Kier molecular flexibility index (Phi) is 5.65. The first-order valence-electron chi connectivity index (χ1n) is 8.07. The minimum Gasteiger partial charge on any atom is -0.492 e. The Balaban J connectivity index is 1.87. The van der Waals surface area contributed by atoms with Crippen LogP contribution in [0.3, 0.4) is 0 Å². The van der Waals surface area contributed by atoms with E-state index in [1.165, 1.54) is 11.1 Å². The highest BCUT2D eigenvalue weighted by Gasteiger charge is 2.21. The summed E-state index contributed by atoms with van der Waals surface area (Å²) >= 11 is 0. The Hall–Kier alpha value is -1.06. The van der Waals surface area contributed by atoms with Gasteiger partial charge in [-0.3, -0.25) is 4.90 Å². The number of rotatable bonds is 5. The monoisotopic (exact) mass is 291 g/mol. The van der Waals surface area contributed by atoms with Gasteiger partial charge < -0.3 is 9.47 Å². The van der Waals surface area contributed by atoms with Crippen LogP contribution in [-0.4, -0.2) is 43.3 Å². The van der Waals surface area contributed by atoms with Crippen LogP contribution in [0.15, 0.2) is 18.2 Å². The first-order valence-corrected chi connectivity index (χ1v) is 8.07. The van der Waals surface area contributed by atoms with Gasteiger partial charge in [0, 0.05) is 19.6 Å². The fourth-order valence-corrected chi connectivity index (χ4v) is 2.88. The molecule has 3 heteroatoms. The number of morpholine rings is 1. The summed E-state index contributed by atoms with van der Waals surface area (Å²) in [5, 5.41) is 0. The minimum atomic E-state index is 0.319. The molecule has 0 bridgehead atoms. The van der Waals surface area contributed by atoms with E-state index < -0.39 is 0 Å². The largest absolute Gasteiger partial charge is 0.492 e. The van der Waals surface area contributed by atoms with Crippen molar-refractivity contribution in [2.45, 2.75) is 52.7 Å². The van der Waals surface area contributed by atoms with Crippen LogP contribution in [0.2, 0.25) is 0 Å².